The minimum Gasteiger partial charge on any atom is -0.271 e. The van der Waals surface area contributed by atoms with Gasteiger partial charge in [0.1, 0.15) is 12.2 Å². The smallest absolute Gasteiger partial charge is 0.138 e. The zero-order valence-electron chi connectivity index (χ0n) is 12.5. The Kier molecular flexibility index (Phi) is 6.20. The predicted octanol–water partition coefficient (Wildman–Crippen LogP) is 1.55. The van der Waals surface area contributed by atoms with Crippen LogP contribution in [0.3, 0.4) is 0 Å². The van der Waals surface area contributed by atoms with Crippen molar-refractivity contribution in [2.24, 2.45) is 11.8 Å². The van der Waals surface area contributed by atoms with Crippen LogP contribution in [0.25, 0.3) is 0 Å². The van der Waals surface area contributed by atoms with Crippen LogP contribution in [-0.4, -0.2) is 42.8 Å². The monoisotopic (exact) mass is 315 g/mol. The molecule has 0 radical (unpaired) electrons. The van der Waals surface area contributed by atoms with Crippen molar-refractivity contribution >= 4 is 23.5 Å². The third kappa shape index (κ3) is 4.13. The summed E-state index contributed by atoms with van der Waals surface area (Å²) in [5.74, 6) is 9.85. The van der Waals surface area contributed by atoms with Crippen molar-refractivity contribution in [1.29, 1.82) is 0 Å². The lowest BCUT2D eigenvalue weighted by atomic mass is 10.1. The van der Waals surface area contributed by atoms with E-state index in [0.717, 1.165) is 18.8 Å². The first kappa shape index (κ1) is 16.1. The molecule has 2 heterocycles. The standard InChI is InChI=1S/C13H25N5S2/c1-9(2)7-18-12(15-8-16-18)6-11(17-14)13-10(3)19-4-5-20-13/h8-11,13,17H,4-7,14H2,1-3H3. The third-order valence-electron chi connectivity index (χ3n) is 3.48. The molecule has 1 fully saturated rings. The average molecular weight is 316 g/mol. The molecule has 1 aliphatic heterocycles. The lowest BCUT2D eigenvalue weighted by Crippen LogP contribution is -2.49. The van der Waals surface area contributed by atoms with Crippen LogP contribution in [0, 0.1) is 5.92 Å². The fraction of sp³-hybridized carbons (Fsp3) is 0.846. The van der Waals surface area contributed by atoms with Gasteiger partial charge >= 0.3 is 0 Å². The number of nitrogens with zero attached hydrogens (tertiary/aromatic N) is 3. The van der Waals surface area contributed by atoms with Crippen LogP contribution in [0.5, 0.6) is 0 Å². The number of rotatable bonds is 6. The van der Waals surface area contributed by atoms with Gasteiger partial charge in [-0.15, -0.1) is 0 Å². The maximum Gasteiger partial charge on any atom is 0.138 e. The molecule has 0 spiro atoms. The Morgan fingerprint density at radius 3 is 2.85 bits per heavy atom. The Balaban J connectivity index is 2.04. The van der Waals surface area contributed by atoms with E-state index in [9.17, 15) is 0 Å². The summed E-state index contributed by atoms with van der Waals surface area (Å²) >= 11 is 4.06. The number of hydrogen-bond acceptors (Lipinski definition) is 6. The van der Waals surface area contributed by atoms with E-state index in [-0.39, 0.29) is 6.04 Å². The summed E-state index contributed by atoms with van der Waals surface area (Å²) in [4.78, 5) is 4.42. The lowest BCUT2D eigenvalue weighted by Gasteiger charge is -2.34. The molecule has 1 aromatic heterocycles. The van der Waals surface area contributed by atoms with Crippen LogP contribution in [-0.2, 0) is 13.0 Å². The van der Waals surface area contributed by atoms with Crippen LogP contribution in [0.1, 0.15) is 26.6 Å². The Morgan fingerprint density at radius 1 is 1.45 bits per heavy atom. The van der Waals surface area contributed by atoms with Gasteiger partial charge in [-0.25, -0.2) is 9.67 Å². The minimum absolute atomic E-state index is 0.248. The molecular formula is C13H25N5S2. The van der Waals surface area contributed by atoms with Gasteiger partial charge in [0.25, 0.3) is 0 Å². The van der Waals surface area contributed by atoms with Gasteiger partial charge in [0, 0.05) is 41.0 Å². The molecule has 0 bridgehead atoms. The van der Waals surface area contributed by atoms with Crippen molar-refractivity contribution < 1.29 is 0 Å². The van der Waals surface area contributed by atoms with Crippen LogP contribution in [0.4, 0.5) is 0 Å². The summed E-state index contributed by atoms with van der Waals surface area (Å²) in [6, 6.07) is 0.248. The maximum absolute atomic E-state index is 5.80. The minimum atomic E-state index is 0.248. The lowest BCUT2D eigenvalue weighted by molar-refractivity contribution is 0.436. The Morgan fingerprint density at radius 2 is 2.20 bits per heavy atom. The second-order valence-electron chi connectivity index (χ2n) is 5.64. The van der Waals surface area contributed by atoms with Crippen molar-refractivity contribution in [3.05, 3.63) is 12.2 Å². The molecule has 1 saturated heterocycles. The Hall–Kier alpha value is -0.240. The highest BCUT2D eigenvalue weighted by atomic mass is 32.2. The molecule has 0 saturated carbocycles. The molecular weight excluding hydrogens is 290 g/mol. The predicted molar refractivity (Wildman–Crippen MR) is 87.8 cm³/mol. The van der Waals surface area contributed by atoms with E-state index in [0.29, 0.717) is 16.4 Å². The Labute approximate surface area is 129 Å². The van der Waals surface area contributed by atoms with Gasteiger partial charge in [-0.05, 0) is 5.92 Å². The van der Waals surface area contributed by atoms with Gasteiger partial charge in [0.05, 0.1) is 0 Å². The van der Waals surface area contributed by atoms with Crippen molar-refractivity contribution in [2.45, 2.75) is 50.3 Å². The first-order chi connectivity index (χ1) is 9.61. The fourth-order valence-corrected chi connectivity index (χ4v) is 5.45. The number of aromatic nitrogens is 3. The normalized spacial score (nSPS) is 25.1. The molecule has 20 heavy (non-hydrogen) atoms. The maximum atomic E-state index is 5.80. The van der Waals surface area contributed by atoms with Crippen LogP contribution in [0.15, 0.2) is 6.33 Å². The summed E-state index contributed by atoms with van der Waals surface area (Å²) in [5, 5.41) is 5.48. The van der Waals surface area contributed by atoms with Gasteiger partial charge in [-0.1, -0.05) is 20.8 Å². The highest BCUT2D eigenvalue weighted by Crippen LogP contribution is 2.33. The molecule has 0 aromatic carbocycles. The summed E-state index contributed by atoms with van der Waals surface area (Å²) in [5.41, 5.74) is 3.01. The highest BCUT2D eigenvalue weighted by Gasteiger charge is 2.30. The molecule has 1 aromatic rings. The van der Waals surface area contributed by atoms with Crippen LogP contribution in [0.2, 0.25) is 0 Å². The number of hydrazine groups is 1. The molecule has 0 aliphatic carbocycles. The van der Waals surface area contributed by atoms with E-state index in [2.05, 4.69) is 36.3 Å². The van der Waals surface area contributed by atoms with E-state index >= 15 is 0 Å². The molecule has 3 N–H and O–H groups in total. The first-order valence-corrected chi connectivity index (χ1v) is 9.27. The van der Waals surface area contributed by atoms with Crippen molar-refractivity contribution in [2.75, 3.05) is 11.5 Å². The second-order valence-corrected chi connectivity index (χ2v) is 8.41. The van der Waals surface area contributed by atoms with Gasteiger partial charge in [0.2, 0.25) is 0 Å². The molecule has 3 unspecified atom stereocenters. The number of nitrogens with one attached hydrogen (secondary N) is 1. The summed E-state index contributed by atoms with van der Waals surface area (Å²) in [6.07, 6.45) is 2.49. The summed E-state index contributed by atoms with van der Waals surface area (Å²) in [6.45, 7) is 7.60. The summed E-state index contributed by atoms with van der Waals surface area (Å²) < 4.78 is 2.01. The van der Waals surface area contributed by atoms with Crippen LogP contribution >= 0.6 is 23.5 Å². The fourth-order valence-electron chi connectivity index (χ4n) is 2.50. The molecule has 3 atom stereocenters. The quantitative estimate of drug-likeness (QED) is 0.613. The number of nitrogens with two attached hydrogens (primary N) is 1. The summed E-state index contributed by atoms with van der Waals surface area (Å²) in [7, 11) is 0. The molecule has 5 nitrogen and oxygen atoms in total. The third-order valence-corrected chi connectivity index (χ3v) is 6.74. The first-order valence-electron chi connectivity index (χ1n) is 7.17. The van der Waals surface area contributed by atoms with Crippen molar-refractivity contribution in [3.63, 3.8) is 0 Å². The average Bonchev–Trinajstić information content (AvgIpc) is 2.83. The van der Waals surface area contributed by atoms with E-state index in [1.54, 1.807) is 6.33 Å². The molecule has 114 valence electrons. The topological polar surface area (TPSA) is 68.8 Å². The SMILES string of the molecule is CC(C)Cn1ncnc1CC(NN)C1SCCSC1C. The molecule has 0 amide bonds. The van der Waals surface area contributed by atoms with E-state index in [1.807, 2.05) is 28.2 Å². The molecule has 2 rings (SSSR count). The van der Waals surface area contributed by atoms with Crippen LogP contribution < -0.4 is 11.3 Å². The Bertz CT molecular complexity index is 409. The van der Waals surface area contributed by atoms with Gasteiger partial charge in [-0.3, -0.25) is 11.3 Å². The van der Waals surface area contributed by atoms with Gasteiger partial charge in [0.15, 0.2) is 0 Å². The van der Waals surface area contributed by atoms with Gasteiger partial charge < -0.3 is 0 Å². The molecule has 1 aliphatic rings. The largest absolute Gasteiger partial charge is 0.271 e. The van der Waals surface area contributed by atoms with E-state index < -0.39 is 0 Å². The van der Waals surface area contributed by atoms with Gasteiger partial charge in [-0.2, -0.15) is 28.6 Å². The highest BCUT2D eigenvalue weighted by molar-refractivity contribution is 8.07. The van der Waals surface area contributed by atoms with Crippen molar-refractivity contribution in [3.8, 4) is 0 Å². The van der Waals surface area contributed by atoms with E-state index in [4.69, 9.17) is 5.84 Å². The van der Waals surface area contributed by atoms with Crippen molar-refractivity contribution in [1.82, 2.24) is 20.2 Å². The number of hydrogen-bond donors (Lipinski definition) is 2. The zero-order chi connectivity index (χ0) is 14.5. The van der Waals surface area contributed by atoms with E-state index in [1.165, 1.54) is 11.5 Å². The number of thioether (sulfide) groups is 2. The second kappa shape index (κ2) is 7.68. The molecule has 7 heteroatoms. The zero-order valence-corrected chi connectivity index (χ0v) is 14.1.